The van der Waals surface area contributed by atoms with Gasteiger partial charge < -0.3 is 10.6 Å². The SMILES string of the molecule is CC(C)(C)N1C(=O)CC(N)C1c1ccncc1. The number of nitrogens with two attached hydrogens (primary N) is 1. The quantitative estimate of drug-likeness (QED) is 0.799. The van der Waals surface area contributed by atoms with E-state index in [1.165, 1.54) is 0 Å². The smallest absolute Gasteiger partial charge is 0.225 e. The van der Waals surface area contributed by atoms with E-state index in [1.807, 2.05) is 37.8 Å². The summed E-state index contributed by atoms with van der Waals surface area (Å²) in [5.41, 5.74) is 6.96. The third kappa shape index (κ3) is 2.17. The van der Waals surface area contributed by atoms with Crippen molar-refractivity contribution in [3.63, 3.8) is 0 Å². The van der Waals surface area contributed by atoms with Crippen molar-refractivity contribution in [2.75, 3.05) is 0 Å². The molecule has 1 amide bonds. The monoisotopic (exact) mass is 233 g/mol. The Kier molecular flexibility index (Phi) is 2.91. The van der Waals surface area contributed by atoms with Gasteiger partial charge in [0.25, 0.3) is 0 Å². The van der Waals surface area contributed by atoms with Crippen LogP contribution in [0.2, 0.25) is 0 Å². The van der Waals surface area contributed by atoms with Crippen molar-refractivity contribution in [3.8, 4) is 0 Å². The highest BCUT2D eigenvalue weighted by molar-refractivity contribution is 5.81. The van der Waals surface area contributed by atoms with Gasteiger partial charge in [0, 0.05) is 30.4 Å². The molecule has 4 heteroatoms. The summed E-state index contributed by atoms with van der Waals surface area (Å²) in [6.07, 6.45) is 3.90. The van der Waals surface area contributed by atoms with Crippen LogP contribution in [0, 0.1) is 0 Å². The van der Waals surface area contributed by atoms with Crippen molar-refractivity contribution >= 4 is 5.91 Å². The van der Waals surface area contributed by atoms with Crippen LogP contribution < -0.4 is 5.73 Å². The molecule has 1 saturated heterocycles. The maximum atomic E-state index is 12.0. The summed E-state index contributed by atoms with van der Waals surface area (Å²) in [5.74, 6) is 0.131. The van der Waals surface area contributed by atoms with Gasteiger partial charge >= 0.3 is 0 Å². The van der Waals surface area contributed by atoms with Gasteiger partial charge in [-0.2, -0.15) is 0 Å². The standard InChI is InChI=1S/C13H19N3O/c1-13(2,3)16-11(17)8-10(14)12(16)9-4-6-15-7-5-9/h4-7,10,12H,8,14H2,1-3H3. The Hall–Kier alpha value is -1.42. The number of likely N-dealkylation sites (tertiary alicyclic amines) is 1. The lowest BCUT2D eigenvalue weighted by molar-refractivity contribution is -0.133. The minimum Gasteiger partial charge on any atom is -0.329 e. The van der Waals surface area contributed by atoms with Crippen LogP contribution in [0.4, 0.5) is 0 Å². The molecule has 0 aromatic carbocycles. The Morgan fingerprint density at radius 2 is 1.94 bits per heavy atom. The predicted molar refractivity (Wildman–Crippen MR) is 66.2 cm³/mol. The topological polar surface area (TPSA) is 59.2 Å². The number of nitrogens with zero attached hydrogens (tertiary/aromatic N) is 2. The summed E-state index contributed by atoms with van der Waals surface area (Å²) in [5, 5.41) is 0. The molecule has 92 valence electrons. The molecule has 17 heavy (non-hydrogen) atoms. The summed E-state index contributed by atoms with van der Waals surface area (Å²) >= 11 is 0. The third-order valence-corrected chi connectivity index (χ3v) is 3.13. The lowest BCUT2D eigenvalue weighted by Crippen LogP contribution is -2.45. The first-order chi connectivity index (χ1) is 7.91. The molecule has 2 unspecified atom stereocenters. The zero-order valence-electron chi connectivity index (χ0n) is 10.6. The summed E-state index contributed by atoms with van der Waals surface area (Å²) < 4.78 is 0. The van der Waals surface area contributed by atoms with E-state index < -0.39 is 0 Å². The molecule has 0 aliphatic carbocycles. The number of pyridine rings is 1. The maximum absolute atomic E-state index is 12.0. The summed E-state index contributed by atoms with van der Waals surface area (Å²) in [6, 6.07) is 3.69. The van der Waals surface area contributed by atoms with Crippen LogP contribution in [-0.2, 0) is 4.79 Å². The Morgan fingerprint density at radius 3 is 2.47 bits per heavy atom. The molecule has 4 nitrogen and oxygen atoms in total. The molecular weight excluding hydrogens is 214 g/mol. The van der Waals surface area contributed by atoms with E-state index in [2.05, 4.69) is 4.98 Å². The molecule has 1 fully saturated rings. The van der Waals surface area contributed by atoms with E-state index in [0.717, 1.165) is 5.56 Å². The van der Waals surface area contributed by atoms with Crippen molar-refractivity contribution in [3.05, 3.63) is 30.1 Å². The van der Waals surface area contributed by atoms with Crippen LogP contribution in [0.3, 0.4) is 0 Å². The van der Waals surface area contributed by atoms with Crippen molar-refractivity contribution in [1.82, 2.24) is 9.88 Å². The number of aromatic nitrogens is 1. The zero-order chi connectivity index (χ0) is 12.6. The van der Waals surface area contributed by atoms with E-state index in [-0.39, 0.29) is 23.5 Å². The Bertz CT molecular complexity index is 410. The van der Waals surface area contributed by atoms with E-state index in [0.29, 0.717) is 6.42 Å². The molecule has 0 radical (unpaired) electrons. The average molecular weight is 233 g/mol. The lowest BCUT2D eigenvalue weighted by atomic mass is 9.98. The highest BCUT2D eigenvalue weighted by Crippen LogP contribution is 2.37. The molecule has 1 aliphatic heterocycles. The van der Waals surface area contributed by atoms with Gasteiger partial charge in [-0.25, -0.2) is 0 Å². The van der Waals surface area contributed by atoms with Gasteiger partial charge in [-0.05, 0) is 38.5 Å². The van der Waals surface area contributed by atoms with E-state index in [4.69, 9.17) is 5.73 Å². The molecule has 2 heterocycles. The number of carbonyl (C=O) groups excluding carboxylic acids is 1. The van der Waals surface area contributed by atoms with Crippen LogP contribution in [0.5, 0.6) is 0 Å². The maximum Gasteiger partial charge on any atom is 0.225 e. The fourth-order valence-corrected chi connectivity index (χ4v) is 2.51. The van der Waals surface area contributed by atoms with E-state index in [1.54, 1.807) is 12.4 Å². The number of rotatable bonds is 1. The summed E-state index contributed by atoms with van der Waals surface area (Å²) in [7, 11) is 0. The van der Waals surface area contributed by atoms with Crippen LogP contribution in [0.15, 0.2) is 24.5 Å². The lowest BCUT2D eigenvalue weighted by Gasteiger charge is -2.38. The molecule has 0 spiro atoms. The molecule has 1 aromatic rings. The van der Waals surface area contributed by atoms with Crippen LogP contribution in [-0.4, -0.2) is 27.4 Å². The minimum atomic E-state index is -0.209. The highest BCUT2D eigenvalue weighted by atomic mass is 16.2. The molecular formula is C13H19N3O. The second kappa shape index (κ2) is 4.11. The summed E-state index contributed by atoms with van der Waals surface area (Å²) in [4.78, 5) is 17.9. The molecule has 2 N–H and O–H groups in total. The van der Waals surface area contributed by atoms with E-state index in [9.17, 15) is 4.79 Å². The van der Waals surface area contributed by atoms with Crippen molar-refractivity contribution in [2.24, 2.45) is 5.73 Å². The molecule has 1 aliphatic rings. The largest absolute Gasteiger partial charge is 0.329 e. The van der Waals surface area contributed by atoms with Gasteiger partial charge in [0.2, 0.25) is 5.91 Å². The van der Waals surface area contributed by atoms with Gasteiger partial charge in [0.05, 0.1) is 6.04 Å². The second-order valence-corrected chi connectivity index (χ2v) is 5.53. The highest BCUT2D eigenvalue weighted by Gasteiger charge is 2.43. The molecule has 0 saturated carbocycles. The van der Waals surface area contributed by atoms with Gasteiger partial charge in [-0.3, -0.25) is 9.78 Å². The average Bonchev–Trinajstić information content (AvgIpc) is 2.54. The predicted octanol–water partition coefficient (Wildman–Crippen LogP) is 1.48. The third-order valence-electron chi connectivity index (χ3n) is 3.13. The van der Waals surface area contributed by atoms with Crippen molar-refractivity contribution in [1.29, 1.82) is 0 Å². The van der Waals surface area contributed by atoms with Crippen LogP contribution in [0.25, 0.3) is 0 Å². The molecule has 0 bridgehead atoms. The molecule has 1 aromatic heterocycles. The number of carbonyl (C=O) groups is 1. The normalized spacial score (nSPS) is 25.4. The first kappa shape index (κ1) is 12.0. The molecule has 2 atom stereocenters. The fourth-order valence-electron chi connectivity index (χ4n) is 2.51. The molecule has 2 rings (SSSR count). The van der Waals surface area contributed by atoms with Crippen molar-refractivity contribution in [2.45, 2.75) is 44.8 Å². The number of hydrogen-bond acceptors (Lipinski definition) is 3. The van der Waals surface area contributed by atoms with Gasteiger partial charge in [-0.1, -0.05) is 0 Å². The Balaban J connectivity index is 2.40. The van der Waals surface area contributed by atoms with Gasteiger partial charge in [-0.15, -0.1) is 0 Å². The zero-order valence-corrected chi connectivity index (χ0v) is 10.6. The first-order valence-corrected chi connectivity index (χ1v) is 5.89. The van der Waals surface area contributed by atoms with Crippen LogP contribution >= 0.6 is 0 Å². The Labute approximate surface area is 102 Å². The minimum absolute atomic E-state index is 0.0366. The number of hydrogen-bond donors (Lipinski definition) is 1. The Morgan fingerprint density at radius 1 is 1.35 bits per heavy atom. The second-order valence-electron chi connectivity index (χ2n) is 5.53. The van der Waals surface area contributed by atoms with Gasteiger partial charge in [0.15, 0.2) is 0 Å². The summed E-state index contributed by atoms with van der Waals surface area (Å²) in [6.45, 7) is 6.12. The number of amides is 1. The van der Waals surface area contributed by atoms with Crippen molar-refractivity contribution < 1.29 is 4.79 Å². The first-order valence-electron chi connectivity index (χ1n) is 5.89. The van der Waals surface area contributed by atoms with E-state index >= 15 is 0 Å². The van der Waals surface area contributed by atoms with Crippen LogP contribution in [0.1, 0.15) is 38.8 Å². The fraction of sp³-hybridized carbons (Fsp3) is 0.538. The van der Waals surface area contributed by atoms with Gasteiger partial charge in [0.1, 0.15) is 0 Å².